The highest BCUT2D eigenvalue weighted by molar-refractivity contribution is 6.36. The summed E-state index contributed by atoms with van der Waals surface area (Å²) in [5.41, 5.74) is 0.290. The molecule has 0 aliphatic heterocycles. The Labute approximate surface area is 168 Å². The first-order chi connectivity index (χ1) is 12.8. The maximum atomic E-state index is 12.9. The van der Waals surface area contributed by atoms with Gasteiger partial charge >= 0.3 is 5.97 Å². The fourth-order valence-corrected chi connectivity index (χ4v) is 3.87. The van der Waals surface area contributed by atoms with Crippen molar-refractivity contribution in [2.45, 2.75) is 57.2 Å². The Morgan fingerprint density at radius 1 is 1.11 bits per heavy atom. The molecule has 1 saturated carbocycles. The highest BCUT2D eigenvalue weighted by atomic mass is 35.5. The third kappa shape index (κ3) is 6.64. The molecular formula is C19H24Cl2O6. The largest absolute Gasteiger partial charge is 0.489 e. The van der Waals surface area contributed by atoms with Crippen molar-refractivity contribution < 1.29 is 29.6 Å². The van der Waals surface area contributed by atoms with Crippen molar-refractivity contribution in [3.05, 3.63) is 27.7 Å². The number of rotatable bonds is 9. The lowest BCUT2D eigenvalue weighted by Gasteiger charge is -2.23. The molecule has 0 saturated heterocycles. The molecule has 6 nitrogen and oxygen atoms in total. The van der Waals surface area contributed by atoms with Gasteiger partial charge in [-0.2, -0.15) is 0 Å². The molecule has 1 fully saturated rings. The number of aliphatic hydroxyl groups excluding tert-OH is 2. The van der Waals surface area contributed by atoms with E-state index in [2.05, 4.69) is 0 Å². The Bertz CT molecular complexity index is 672. The summed E-state index contributed by atoms with van der Waals surface area (Å²) in [5.74, 6) is -1.17. The number of halogens is 2. The first-order valence-electron chi connectivity index (χ1n) is 9.02. The van der Waals surface area contributed by atoms with Crippen molar-refractivity contribution in [2.24, 2.45) is 5.92 Å². The van der Waals surface area contributed by atoms with Gasteiger partial charge in [0.15, 0.2) is 5.78 Å². The minimum Gasteiger partial charge on any atom is -0.489 e. The minimum atomic E-state index is -1.19. The predicted molar refractivity (Wildman–Crippen MR) is 102 cm³/mol. The van der Waals surface area contributed by atoms with Crippen molar-refractivity contribution in [1.29, 1.82) is 0 Å². The molecule has 2 atom stereocenters. The van der Waals surface area contributed by atoms with Gasteiger partial charge in [0.05, 0.1) is 29.2 Å². The standard InChI is InChI=1S/C19H24Cl2O6/c20-12-6-15(18(26)11-4-2-1-3-5-11)19(16(21)7-12)27-10-14(23)8-13(22)9-17(24)25/h6-7,11,13-14,22-23H,1-5,8-10H2,(H,24,25)/t13-,14+/m1/s1. The molecule has 27 heavy (non-hydrogen) atoms. The minimum absolute atomic E-state index is 0.0745. The second-order valence-electron chi connectivity index (χ2n) is 6.92. The van der Waals surface area contributed by atoms with Gasteiger partial charge < -0.3 is 20.1 Å². The summed E-state index contributed by atoms with van der Waals surface area (Å²) in [6, 6.07) is 2.98. The van der Waals surface area contributed by atoms with Crippen molar-refractivity contribution >= 4 is 35.0 Å². The molecule has 1 aliphatic rings. The van der Waals surface area contributed by atoms with E-state index in [0.717, 1.165) is 32.1 Å². The molecule has 0 radical (unpaired) electrons. The van der Waals surface area contributed by atoms with Gasteiger partial charge in [-0.1, -0.05) is 42.5 Å². The lowest BCUT2D eigenvalue weighted by Crippen LogP contribution is -2.26. The molecule has 0 unspecified atom stereocenters. The maximum Gasteiger partial charge on any atom is 0.305 e. The van der Waals surface area contributed by atoms with Gasteiger partial charge in [0.25, 0.3) is 0 Å². The Balaban J connectivity index is 2.09. The molecular weight excluding hydrogens is 395 g/mol. The fraction of sp³-hybridized carbons (Fsp3) is 0.579. The van der Waals surface area contributed by atoms with E-state index in [1.165, 1.54) is 12.1 Å². The zero-order chi connectivity index (χ0) is 20.0. The Morgan fingerprint density at radius 2 is 1.78 bits per heavy atom. The van der Waals surface area contributed by atoms with Crippen molar-refractivity contribution in [1.82, 2.24) is 0 Å². The van der Waals surface area contributed by atoms with E-state index in [4.69, 9.17) is 33.0 Å². The molecule has 0 amide bonds. The van der Waals surface area contributed by atoms with Crippen LogP contribution in [0.2, 0.25) is 10.0 Å². The summed E-state index contributed by atoms with van der Waals surface area (Å²) in [6.45, 7) is -0.233. The summed E-state index contributed by atoms with van der Waals surface area (Å²) in [6.07, 6.45) is 1.82. The molecule has 0 spiro atoms. The maximum absolute atomic E-state index is 12.9. The van der Waals surface area contributed by atoms with Gasteiger partial charge in [-0.15, -0.1) is 0 Å². The van der Waals surface area contributed by atoms with Crippen LogP contribution in [0.25, 0.3) is 0 Å². The predicted octanol–water partition coefficient (Wildman–Crippen LogP) is 3.72. The van der Waals surface area contributed by atoms with E-state index < -0.39 is 24.6 Å². The van der Waals surface area contributed by atoms with Gasteiger partial charge in [0.1, 0.15) is 12.4 Å². The Hall–Kier alpha value is -1.34. The van der Waals surface area contributed by atoms with E-state index in [1.807, 2.05) is 0 Å². The van der Waals surface area contributed by atoms with Crippen LogP contribution in [-0.2, 0) is 4.79 Å². The van der Waals surface area contributed by atoms with Crippen LogP contribution < -0.4 is 4.74 Å². The van der Waals surface area contributed by atoms with Crippen molar-refractivity contribution in [2.75, 3.05) is 6.61 Å². The van der Waals surface area contributed by atoms with Crippen LogP contribution in [0.5, 0.6) is 5.75 Å². The van der Waals surface area contributed by atoms with E-state index in [9.17, 15) is 19.8 Å². The number of hydrogen-bond donors (Lipinski definition) is 3. The molecule has 1 aliphatic carbocycles. The SMILES string of the molecule is O=C(O)C[C@H](O)C[C@H](O)COc1c(Cl)cc(Cl)cc1C(=O)C1CCCCC1. The summed E-state index contributed by atoms with van der Waals surface area (Å²) >= 11 is 12.3. The van der Waals surface area contributed by atoms with Gasteiger partial charge in [-0.05, 0) is 25.0 Å². The van der Waals surface area contributed by atoms with Gasteiger partial charge in [-0.25, -0.2) is 0 Å². The van der Waals surface area contributed by atoms with E-state index in [-0.39, 0.29) is 41.1 Å². The average Bonchev–Trinajstić information content (AvgIpc) is 2.59. The smallest absolute Gasteiger partial charge is 0.305 e. The van der Waals surface area contributed by atoms with Crippen molar-refractivity contribution in [3.63, 3.8) is 0 Å². The second-order valence-corrected chi connectivity index (χ2v) is 7.76. The fourth-order valence-electron chi connectivity index (χ4n) is 3.32. The first-order valence-corrected chi connectivity index (χ1v) is 9.77. The van der Waals surface area contributed by atoms with Gasteiger partial charge in [-0.3, -0.25) is 9.59 Å². The van der Waals surface area contributed by atoms with Crippen LogP contribution in [0.15, 0.2) is 12.1 Å². The summed E-state index contributed by atoms with van der Waals surface area (Å²) in [7, 11) is 0. The van der Waals surface area contributed by atoms with Crippen molar-refractivity contribution in [3.8, 4) is 5.75 Å². The van der Waals surface area contributed by atoms with Crippen LogP contribution in [0.4, 0.5) is 0 Å². The van der Waals surface area contributed by atoms with Crippen LogP contribution in [0.3, 0.4) is 0 Å². The average molecular weight is 419 g/mol. The highest BCUT2D eigenvalue weighted by Gasteiger charge is 2.27. The van der Waals surface area contributed by atoms with Crippen LogP contribution in [-0.4, -0.2) is 45.9 Å². The summed E-state index contributed by atoms with van der Waals surface area (Å²) in [4.78, 5) is 23.5. The number of carbonyl (C=O) groups is 2. The summed E-state index contributed by atoms with van der Waals surface area (Å²) in [5, 5.41) is 28.7. The second kappa shape index (κ2) is 10.3. The number of carboxylic acid groups (broad SMARTS) is 1. The number of Topliss-reactive ketones (excluding diaryl/α,β-unsaturated/α-hetero) is 1. The lowest BCUT2D eigenvalue weighted by atomic mass is 9.83. The van der Waals surface area contributed by atoms with E-state index in [1.54, 1.807) is 0 Å². The number of carboxylic acids is 1. The number of aliphatic carboxylic acids is 1. The number of ketones is 1. The van der Waals surface area contributed by atoms with E-state index in [0.29, 0.717) is 5.02 Å². The highest BCUT2D eigenvalue weighted by Crippen LogP contribution is 2.36. The molecule has 1 aromatic rings. The first kappa shape index (κ1) is 22.0. The Morgan fingerprint density at radius 3 is 2.41 bits per heavy atom. The molecule has 0 aromatic heterocycles. The third-order valence-electron chi connectivity index (χ3n) is 4.62. The number of aliphatic hydroxyl groups is 2. The molecule has 0 bridgehead atoms. The van der Waals surface area contributed by atoms with Gasteiger partial charge in [0, 0.05) is 17.4 Å². The van der Waals surface area contributed by atoms with Crippen LogP contribution >= 0.6 is 23.2 Å². The van der Waals surface area contributed by atoms with Crippen LogP contribution in [0.1, 0.15) is 55.3 Å². The Kier molecular flexibility index (Phi) is 8.35. The number of hydrogen-bond acceptors (Lipinski definition) is 5. The number of benzene rings is 1. The quantitative estimate of drug-likeness (QED) is 0.527. The molecule has 0 heterocycles. The number of carbonyl (C=O) groups excluding carboxylic acids is 1. The number of ether oxygens (including phenoxy) is 1. The lowest BCUT2D eigenvalue weighted by molar-refractivity contribution is -0.139. The molecule has 8 heteroatoms. The topological polar surface area (TPSA) is 104 Å². The zero-order valence-electron chi connectivity index (χ0n) is 14.9. The van der Waals surface area contributed by atoms with Crippen LogP contribution in [0, 0.1) is 5.92 Å². The zero-order valence-corrected chi connectivity index (χ0v) is 16.4. The normalized spacial score (nSPS) is 17.3. The summed E-state index contributed by atoms with van der Waals surface area (Å²) < 4.78 is 5.58. The molecule has 1 aromatic carbocycles. The molecule has 3 N–H and O–H groups in total. The van der Waals surface area contributed by atoms with E-state index >= 15 is 0 Å². The third-order valence-corrected chi connectivity index (χ3v) is 5.12. The monoisotopic (exact) mass is 418 g/mol. The molecule has 150 valence electrons. The van der Waals surface area contributed by atoms with Gasteiger partial charge in [0.2, 0.25) is 0 Å². The molecule has 2 rings (SSSR count).